The molecule has 1 unspecified atom stereocenters. The SMILES string of the molecule is C[CH]C(C)(C)C(C)CCCCCCCCCC. The fourth-order valence-electron chi connectivity index (χ4n) is 2.24. The van der Waals surface area contributed by atoms with E-state index in [4.69, 9.17) is 0 Å². The van der Waals surface area contributed by atoms with E-state index in [0.717, 1.165) is 5.92 Å². The Labute approximate surface area is 111 Å². The second-order valence-corrected chi connectivity index (χ2v) is 6.27. The smallest absolute Gasteiger partial charge is 0.0300 e. The summed E-state index contributed by atoms with van der Waals surface area (Å²) in [5.41, 5.74) is 0.418. The van der Waals surface area contributed by atoms with Crippen LogP contribution in [-0.4, -0.2) is 0 Å². The van der Waals surface area contributed by atoms with Gasteiger partial charge in [-0.3, -0.25) is 0 Å². The van der Waals surface area contributed by atoms with E-state index < -0.39 is 0 Å². The van der Waals surface area contributed by atoms with Gasteiger partial charge < -0.3 is 0 Å². The van der Waals surface area contributed by atoms with Crippen molar-refractivity contribution >= 4 is 0 Å². The highest BCUT2D eigenvalue weighted by Crippen LogP contribution is 2.32. The van der Waals surface area contributed by atoms with Gasteiger partial charge in [0, 0.05) is 0 Å². The second-order valence-electron chi connectivity index (χ2n) is 6.27. The first-order valence-electron chi connectivity index (χ1n) is 7.85. The summed E-state index contributed by atoms with van der Waals surface area (Å²) < 4.78 is 0. The lowest BCUT2D eigenvalue weighted by Gasteiger charge is -2.30. The third kappa shape index (κ3) is 8.69. The molecule has 1 atom stereocenters. The lowest BCUT2D eigenvalue weighted by Crippen LogP contribution is -2.20. The highest BCUT2D eigenvalue weighted by molar-refractivity contribution is 4.85. The van der Waals surface area contributed by atoms with Crippen molar-refractivity contribution in [3.63, 3.8) is 0 Å². The van der Waals surface area contributed by atoms with Gasteiger partial charge >= 0.3 is 0 Å². The highest BCUT2D eigenvalue weighted by atomic mass is 14.3. The molecule has 0 aliphatic heterocycles. The average Bonchev–Trinajstić information content (AvgIpc) is 2.32. The molecule has 0 saturated carbocycles. The summed E-state index contributed by atoms with van der Waals surface area (Å²) >= 11 is 0. The van der Waals surface area contributed by atoms with Gasteiger partial charge in [-0.05, 0) is 17.8 Å². The summed E-state index contributed by atoms with van der Waals surface area (Å²) in [5, 5.41) is 0. The molecule has 0 aromatic carbocycles. The quantitative estimate of drug-likeness (QED) is 0.366. The third-order valence-electron chi connectivity index (χ3n) is 4.50. The molecule has 0 rings (SSSR count). The normalized spacial score (nSPS) is 13.9. The minimum Gasteiger partial charge on any atom is -0.0654 e. The average molecular weight is 239 g/mol. The Morgan fingerprint density at radius 3 is 1.82 bits per heavy atom. The molecule has 0 heterocycles. The Morgan fingerprint density at radius 1 is 0.882 bits per heavy atom. The molecule has 0 amide bonds. The van der Waals surface area contributed by atoms with Gasteiger partial charge in [0.2, 0.25) is 0 Å². The lowest BCUT2D eigenvalue weighted by molar-refractivity contribution is 0.258. The Bertz CT molecular complexity index is 157. The predicted octanol–water partition coefficient (Wildman–Crippen LogP) is 6.40. The van der Waals surface area contributed by atoms with E-state index in [0.29, 0.717) is 5.41 Å². The molecule has 17 heavy (non-hydrogen) atoms. The van der Waals surface area contributed by atoms with Crippen LogP contribution in [0.15, 0.2) is 0 Å². The minimum atomic E-state index is 0.418. The maximum atomic E-state index is 2.40. The molecular weight excluding hydrogens is 204 g/mol. The van der Waals surface area contributed by atoms with E-state index in [2.05, 4.69) is 41.0 Å². The van der Waals surface area contributed by atoms with Crippen molar-refractivity contribution in [2.24, 2.45) is 11.3 Å². The maximum Gasteiger partial charge on any atom is -0.0300 e. The van der Waals surface area contributed by atoms with Crippen molar-refractivity contribution in [2.45, 2.75) is 92.4 Å². The van der Waals surface area contributed by atoms with Gasteiger partial charge in [-0.1, -0.05) is 92.4 Å². The van der Waals surface area contributed by atoms with Crippen molar-refractivity contribution in [2.75, 3.05) is 0 Å². The number of unbranched alkanes of at least 4 members (excludes halogenated alkanes) is 7. The van der Waals surface area contributed by atoms with Crippen LogP contribution in [0.1, 0.15) is 92.4 Å². The zero-order valence-corrected chi connectivity index (χ0v) is 13.0. The summed E-state index contributed by atoms with van der Waals surface area (Å²) in [7, 11) is 0. The van der Waals surface area contributed by atoms with Gasteiger partial charge in [-0.15, -0.1) is 0 Å². The van der Waals surface area contributed by atoms with Gasteiger partial charge in [0.15, 0.2) is 0 Å². The number of hydrogen-bond donors (Lipinski definition) is 0. The first-order valence-corrected chi connectivity index (χ1v) is 7.85. The lowest BCUT2D eigenvalue weighted by atomic mass is 9.75. The van der Waals surface area contributed by atoms with Crippen LogP contribution >= 0.6 is 0 Å². The van der Waals surface area contributed by atoms with E-state index in [9.17, 15) is 0 Å². The molecule has 1 radical (unpaired) electrons. The molecule has 0 aromatic heterocycles. The van der Waals surface area contributed by atoms with Crippen LogP contribution in [0, 0.1) is 17.8 Å². The van der Waals surface area contributed by atoms with Crippen LogP contribution in [0.25, 0.3) is 0 Å². The van der Waals surface area contributed by atoms with E-state index >= 15 is 0 Å². The molecule has 0 aliphatic carbocycles. The monoisotopic (exact) mass is 239 g/mol. The molecule has 0 aromatic rings. The molecule has 0 saturated heterocycles. The molecule has 0 heteroatoms. The molecule has 0 N–H and O–H groups in total. The Morgan fingerprint density at radius 2 is 1.35 bits per heavy atom. The van der Waals surface area contributed by atoms with Crippen LogP contribution in [0.4, 0.5) is 0 Å². The molecule has 0 nitrogen and oxygen atoms in total. The van der Waals surface area contributed by atoms with E-state index in [1.54, 1.807) is 0 Å². The minimum absolute atomic E-state index is 0.418. The number of rotatable bonds is 11. The zero-order chi connectivity index (χ0) is 13.1. The Balaban J connectivity index is 3.34. The van der Waals surface area contributed by atoms with Crippen molar-refractivity contribution < 1.29 is 0 Å². The molecule has 103 valence electrons. The molecule has 0 aliphatic rings. The molecule has 0 spiro atoms. The summed E-state index contributed by atoms with van der Waals surface area (Å²) in [4.78, 5) is 0. The van der Waals surface area contributed by atoms with Gasteiger partial charge in [0.1, 0.15) is 0 Å². The summed E-state index contributed by atoms with van der Waals surface area (Å²) in [5.74, 6) is 0.826. The topological polar surface area (TPSA) is 0 Å². The highest BCUT2D eigenvalue weighted by Gasteiger charge is 2.22. The van der Waals surface area contributed by atoms with Gasteiger partial charge in [-0.25, -0.2) is 0 Å². The van der Waals surface area contributed by atoms with Crippen LogP contribution in [-0.2, 0) is 0 Å². The largest absolute Gasteiger partial charge is 0.0654 e. The fourth-order valence-corrected chi connectivity index (χ4v) is 2.24. The van der Waals surface area contributed by atoms with E-state index in [-0.39, 0.29) is 0 Å². The molecular formula is C17H35. The van der Waals surface area contributed by atoms with Crippen molar-refractivity contribution in [3.05, 3.63) is 6.42 Å². The summed E-state index contributed by atoms with van der Waals surface area (Å²) in [6.07, 6.45) is 15.2. The summed E-state index contributed by atoms with van der Waals surface area (Å²) in [6.45, 7) is 11.6. The van der Waals surface area contributed by atoms with Crippen LogP contribution < -0.4 is 0 Å². The number of hydrogen-bond acceptors (Lipinski definition) is 0. The first-order chi connectivity index (χ1) is 8.04. The Kier molecular flexibility index (Phi) is 9.97. The van der Waals surface area contributed by atoms with Gasteiger partial charge in [-0.2, -0.15) is 0 Å². The van der Waals surface area contributed by atoms with Crippen LogP contribution in [0.2, 0.25) is 0 Å². The zero-order valence-electron chi connectivity index (χ0n) is 13.0. The standard InChI is InChI=1S/C17H35/c1-6-8-9-10-11-12-13-14-15-16(3)17(4,5)7-2/h7,16H,6,8-15H2,1-5H3. The van der Waals surface area contributed by atoms with E-state index in [1.807, 2.05) is 0 Å². The van der Waals surface area contributed by atoms with Crippen molar-refractivity contribution in [3.8, 4) is 0 Å². The third-order valence-corrected chi connectivity index (χ3v) is 4.50. The van der Waals surface area contributed by atoms with E-state index in [1.165, 1.54) is 57.8 Å². The maximum absolute atomic E-state index is 2.40. The van der Waals surface area contributed by atoms with Gasteiger partial charge in [0.05, 0.1) is 0 Å². The Hall–Kier alpha value is 0. The van der Waals surface area contributed by atoms with Crippen molar-refractivity contribution in [1.82, 2.24) is 0 Å². The summed E-state index contributed by atoms with van der Waals surface area (Å²) in [6, 6.07) is 0. The fraction of sp³-hybridized carbons (Fsp3) is 0.941. The van der Waals surface area contributed by atoms with Crippen molar-refractivity contribution in [1.29, 1.82) is 0 Å². The second kappa shape index (κ2) is 9.97. The van der Waals surface area contributed by atoms with Crippen LogP contribution in [0.5, 0.6) is 0 Å². The van der Waals surface area contributed by atoms with Crippen LogP contribution in [0.3, 0.4) is 0 Å². The first kappa shape index (κ1) is 17.0. The molecule has 0 fully saturated rings. The molecule has 0 bridgehead atoms. The predicted molar refractivity (Wildman–Crippen MR) is 80.1 cm³/mol. The van der Waals surface area contributed by atoms with Gasteiger partial charge in [0.25, 0.3) is 0 Å².